The number of carbonyl (C=O) groups excluding carboxylic acids is 1. The number of nitrogens with zero attached hydrogens (tertiary/aromatic N) is 4. The Balaban J connectivity index is 1.40. The lowest BCUT2D eigenvalue weighted by Crippen LogP contribution is -2.56. The molecule has 8 nitrogen and oxygen atoms in total. The van der Waals surface area contributed by atoms with Crippen LogP contribution in [0.4, 0.5) is 0 Å². The average molecular weight is 418 g/mol. The molecule has 0 radical (unpaired) electrons. The van der Waals surface area contributed by atoms with E-state index in [0.717, 1.165) is 58.2 Å². The number of guanidine groups is 1. The van der Waals surface area contributed by atoms with Gasteiger partial charge in [0.15, 0.2) is 11.7 Å². The summed E-state index contributed by atoms with van der Waals surface area (Å²) in [5, 5.41) is 3.48. The van der Waals surface area contributed by atoms with Crippen molar-refractivity contribution < 1.29 is 13.9 Å². The third-order valence-electron chi connectivity index (χ3n) is 6.66. The molecule has 0 aliphatic carbocycles. The molecule has 1 aromatic rings. The Kier molecular flexibility index (Phi) is 6.94. The number of carbonyl (C=O) groups is 1. The van der Waals surface area contributed by atoms with Gasteiger partial charge in [-0.2, -0.15) is 0 Å². The van der Waals surface area contributed by atoms with E-state index in [1.165, 1.54) is 25.9 Å². The van der Waals surface area contributed by atoms with Gasteiger partial charge in [0, 0.05) is 51.5 Å². The summed E-state index contributed by atoms with van der Waals surface area (Å²) in [5.41, 5.74) is 0.131. The first-order valence-electron chi connectivity index (χ1n) is 11.4. The van der Waals surface area contributed by atoms with Crippen LogP contribution in [0.1, 0.15) is 43.2 Å². The SMILES string of the molecule is CCNC(=NCC1(N2CCCC2)CCOCC1)N1CCN(C(=O)c2ccco2)CC1. The van der Waals surface area contributed by atoms with Crippen LogP contribution in [0.25, 0.3) is 0 Å². The van der Waals surface area contributed by atoms with Crippen molar-refractivity contribution in [1.82, 2.24) is 20.0 Å². The fraction of sp³-hybridized carbons (Fsp3) is 0.727. The Morgan fingerprint density at radius 3 is 2.43 bits per heavy atom. The Morgan fingerprint density at radius 1 is 1.10 bits per heavy atom. The molecule has 3 aliphatic heterocycles. The van der Waals surface area contributed by atoms with Crippen LogP contribution in [0.15, 0.2) is 27.8 Å². The summed E-state index contributed by atoms with van der Waals surface area (Å²) in [6.07, 6.45) is 6.24. The van der Waals surface area contributed by atoms with Crippen LogP contribution in [-0.2, 0) is 4.74 Å². The Labute approximate surface area is 179 Å². The molecular weight excluding hydrogens is 382 g/mol. The van der Waals surface area contributed by atoms with Gasteiger partial charge in [-0.1, -0.05) is 0 Å². The summed E-state index contributed by atoms with van der Waals surface area (Å²) in [7, 11) is 0. The highest BCUT2D eigenvalue weighted by Crippen LogP contribution is 2.31. The minimum Gasteiger partial charge on any atom is -0.459 e. The van der Waals surface area contributed by atoms with Crippen molar-refractivity contribution in [3.8, 4) is 0 Å². The summed E-state index contributed by atoms with van der Waals surface area (Å²) in [6.45, 7) is 10.7. The number of amides is 1. The third kappa shape index (κ3) is 4.64. The number of furan rings is 1. The summed E-state index contributed by atoms with van der Waals surface area (Å²) >= 11 is 0. The fourth-order valence-corrected chi connectivity index (χ4v) is 4.84. The van der Waals surface area contributed by atoms with E-state index in [0.29, 0.717) is 18.8 Å². The van der Waals surface area contributed by atoms with Crippen molar-refractivity contribution in [1.29, 1.82) is 0 Å². The molecule has 1 amide bonds. The first-order valence-corrected chi connectivity index (χ1v) is 11.4. The molecule has 1 N–H and O–H groups in total. The Hall–Kier alpha value is -2.06. The van der Waals surface area contributed by atoms with Crippen molar-refractivity contribution in [3.63, 3.8) is 0 Å². The molecule has 0 aromatic carbocycles. The Bertz CT molecular complexity index is 700. The molecule has 0 bridgehead atoms. The highest BCUT2D eigenvalue weighted by atomic mass is 16.5. The summed E-state index contributed by atoms with van der Waals surface area (Å²) in [5.74, 6) is 1.35. The lowest BCUT2D eigenvalue weighted by molar-refractivity contribution is -0.0140. The molecule has 0 saturated carbocycles. The molecule has 1 aromatic heterocycles. The smallest absolute Gasteiger partial charge is 0.289 e. The first kappa shape index (κ1) is 21.2. The molecule has 30 heavy (non-hydrogen) atoms. The van der Waals surface area contributed by atoms with Gasteiger partial charge in [0.25, 0.3) is 5.91 Å². The van der Waals surface area contributed by atoms with Crippen LogP contribution in [0.2, 0.25) is 0 Å². The largest absolute Gasteiger partial charge is 0.459 e. The molecule has 0 spiro atoms. The monoisotopic (exact) mass is 417 g/mol. The molecule has 4 heterocycles. The number of piperazine rings is 1. The summed E-state index contributed by atoms with van der Waals surface area (Å²) in [4.78, 5) is 24.4. The van der Waals surface area contributed by atoms with Crippen LogP contribution in [0.3, 0.4) is 0 Å². The fourth-order valence-electron chi connectivity index (χ4n) is 4.84. The van der Waals surface area contributed by atoms with E-state index in [-0.39, 0.29) is 11.4 Å². The van der Waals surface area contributed by atoms with E-state index in [1.807, 2.05) is 4.90 Å². The van der Waals surface area contributed by atoms with Crippen LogP contribution in [-0.4, -0.2) is 97.7 Å². The molecule has 8 heteroatoms. The molecule has 3 saturated heterocycles. The second kappa shape index (κ2) is 9.83. The summed E-state index contributed by atoms with van der Waals surface area (Å²) in [6, 6.07) is 3.48. The van der Waals surface area contributed by atoms with Gasteiger partial charge in [-0.3, -0.25) is 14.7 Å². The standard InChI is InChI=1S/C22H35N5O3/c1-2-23-21(24-18-22(7-16-29-17-8-22)27-9-3-4-10-27)26-13-11-25(12-14-26)20(28)19-6-5-15-30-19/h5-6,15H,2-4,7-14,16-18H2,1H3,(H,23,24). The van der Waals surface area contributed by atoms with Gasteiger partial charge < -0.3 is 24.3 Å². The van der Waals surface area contributed by atoms with Crippen molar-refractivity contribution >= 4 is 11.9 Å². The van der Waals surface area contributed by atoms with Crippen LogP contribution >= 0.6 is 0 Å². The molecule has 3 aliphatic rings. The topological polar surface area (TPSA) is 73.6 Å². The zero-order chi connectivity index (χ0) is 20.8. The van der Waals surface area contributed by atoms with E-state index in [1.54, 1.807) is 18.4 Å². The maximum atomic E-state index is 12.5. The predicted molar refractivity (Wildman–Crippen MR) is 116 cm³/mol. The zero-order valence-corrected chi connectivity index (χ0v) is 18.1. The van der Waals surface area contributed by atoms with E-state index < -0.39 is 0 Å². The quantitative estimate of drug-likeness (QED) is 0.580. The van der Waals surface area contributed by atoms with Gasteiger partial charge >= 0.3 is 0 Å². The van der Waals surface area contributed by atoms with Crippen LogP contribution < -0.4 is 5.32 Å². The van der Waals surface area contributed by atoms with E-state index in [2.05, 4.69) is 22.0 Å². The Morgan fingerprint density at radius 2 is 1.80 bits per heavy atom. The van der Waals surface area contributed by atoms with Gasteiger partial charge in [0.1, 0.15) is 0 Å². The second-order valence-corrected chi connectivity index (χ2v) is 8.46. The van der Waals surface area contributed by atoms with E-state index >= 15 is 0 Å². The minimum atomic E-state index is -0.0308. The molecule has 166 valence electrons. The number of hydrogen-bond donors (Lipinski definition) is 1. The van der Waals surface area contributed by atoms with Crippen molar-refractivity contribution in [3.05, 3.63) is 24.2 Å². The van der Waals surface area contributed by atoms with Crippen LogP contribution in [0, 0.1) is 0 Å². The molecule has 0 atom stereocenters. The molecular formula is C22H35N5O3. The lowest BCUT2D eigenvalue weighted by Gasteiger charge is -2.44. The van der Waals surface area contributed by atoms with Crippen molar-refractivity contribution in [2.75, 3.05) is 65.6 Å². The highest BCUT2D eigenvalue weighted by Gasteiger charge is 2.39. The first-order chi connectivity index (χ1) is 14.7. The number of likely N-dealkylation sites (tertiary alicyclic amines) is 1. The van der Waals surface area contributed by atoms with Gasteiger partial charge in [0.05, 0.1) is 12.8 Å². The normalized spacial score (nSPS) is 23.0. The van der Waals surface area contributed by atoms with Crippen molar-refractivity contribution in [2.45, 2.75) is 38.1 Å². The summed E-state index contributed by atoms with van der Waals surface area (Å²) < 4.78 is 10.9. The number of hydrogen-bond acceptors (Lipinski definition) is 5. The second-order valence-electron chi connectivity index (χ2n) is 8.46. The van der Waals surface area contributed by atoms with E-state index in [9.17, 15) is 4.79 Å². The van der Waals surface area contributed by atoms with E-state index in [4.69, 9.17) is 14.1 Å². The highest BCUT2D eigenvalue weighted by molar-refractivity contribution is 5.91. The molecule has 3 fully saturated rings. The predicted octanol–water partition coefficient (Wildman–Crippen LogP) is 1.65. The van der Waals surface area contributed by atoms with Gasteiger partial charge in [-0.05, 0) is 57.8 Å². The third-order valence-corrected chi connectivity index (χ3v) is 6.66. The van der Waals surface area contributed by atoms with Crippen LogP contribution in [0.5, 0.6) is 0 Å². The zero-order valence-electron chi connectivity index (χ0n) is 18.1. The average Bonchev–Trinajstić information content (AvgIpc) is 3.52. The van der Waals surface area contributed by atoms with Gasteiger partial charge in [-0.15, -0.1) is 0 Å². The van der Waals surface area contributed by atoms with Crippen molar-refractivity contribution in [2.24, 2.45) is 4.99 Å². The minimum absolute atomic E-state index is 0.0308. The van der Waals surface area contributed by atoms with Gasteiger partial charge in [-0.25, -0.2) is 0 Å². The maximum absolute atomic E-state index is 12.5. The van der Waals surface area contributed by atoms with Gasteiger partial charge in [0.2, 0.25) is 0 Å². The molecule has 4 rings (SSSR count). The molecule has 0 unspecified atom stereocenters. The number of ether oxygens (including phenoxy) is 1. The number of nitrogens with one attached hydrogen (secondary N) is 1. The number of aliphatic imine (C=N–C) groups is 1. The maximum Gasteiger partial charge on any atom is 0.289 e. The number of rotatable bonds is 5. The lowest BCUT2D eigenvalue weighted by atomic mass is 9.88.